The molecule has 0 bridgehead atoms. The van der Waals surface area contributed by atoms with Crippen molar-refractivity contribution in [1.29, 1.82) is 0 Å². The standard InChI is InChI=1S/C21H20N4O2/c1-3-27-18(26)11-25-17-9-8-14(15-7-5-4-6-13(15)2)10-16(17)19-20(22)23-12-24-21(19)25/h4-10,12H,3,11H2,1-2H3,(H2,22,23,24). The van der Waals surface area contributed by atoms with Crippen molar-refractivity contribution in [3.63, 3.8) is 0 Å². The molecule has 136 valence electrons. The number of nitrogen functional groups attached to an aromatic ring is 1. The minimum atomic E-state index is -0.309. The first kappa shape index (κ1) is 17.0. The molecule has 2 aromatic heterocycles. The van der Waals surface area contributed by atoms with Crippen LogP contribution >= 0.6 is 0 Å². The maximum Gasteiger partial charge on any atom is 0.326 e. The second-order valence-electron chi connectivity index (χ2n) is 6.40. The summed E-state index contributed by atoms with van der Waals surface area (Å²) in [6.07, 6.45) is 1.42. The van der Waals surface area contributed by atoms with Crippen molar-refractivity contribution < 1.29 is 9.53 Å². The van der Waals surface area contributed by atoms with Crippen molar-refractivity contribution in [2.24, 2.45) is 0 Å². The Balaban J connectivity index is 1.97. The van der Waals surface area contributed by atoms with Crippen LogP contribution in [0.2, 0.25) is 0 Å². The van der Waals surface area contributed by atoms with Crippen molar-refractivity contribution in [2.45, 2.75) is 20.4 Å². The van der Waals surface area contributed by atoms with Crippen molar-refractivity contribution >= 4 is 33.7 Å². The molecule has 4 rings (SSSR count). The van der Waals surface area contributed by atoms with Gasteiger partial charge in [0.15, 0.2) is 0 Å². The highest BCUT2D eigenvalue weighted by molar-refractivity contribution is 6.12. The summed E-state index contributed by atoms with van der Waals surface area (Å²) in [7, 11) is 0. The van der Waals surface area contributed by atoms with Gasteiger partial charge in [0.1, 0.15) is 24.3 Å². The molecule has 0 saturated carbocycles. The van der Waals surface area contributed by atoms with E-state index in [9.17, 15) is 4.79 Å². The first-order valence-corrected chi connectivity index (χ1v) is 8.84. The quantitative estimate of drug-likeness (QED) is 0.561. The van der Waals surface area contributed by atoms with E-state index in [1.807, 2.05) is 22.8 Å². The smallest absolute Gasteiger partial charge is 0.326 e. The van der Waals surface area contributed by atoms with E-state index < -0.39 is 0 Å². The molecular formula is C21H20N4O2. The fourth-order valence-electron chi connectivity index (χ4n) is 3.50. The summed E-state index contributed by atoms with van der Waals surface area (Å²) in [4.78, 5) is 20.6. The molecule has 27 heavy (non-hydrogen) atoms. The first-order chi connectivity index (χ1) is 13.1. The lowest BCUT2D eigenvalue weighted by molar-refractivity contribution is -0.143. The van der Waals surface area contributed by atoms with Gasteiger partial charge < -0.3 is 15.0 Å². The summed E-state index contributed by atoms with van der Waals surface area (Å²) < 4.78 is 6.95. The van der Waals surface area contributed by atoms with Crippen LogP contribution in [0.3, 0.4) is 0 Å². The molecule has 0 radical (unpaired) electrons. The monoisotopic (exact) mass is 360 g/mol. The Labute approximate surface area is 156 Å². The Hall–Kier alpha value is -3.41. The lowest BCUT2D eigenvalue weighted by atomic mass is 9.99. The van der Waals surface area contributed by atoms with Crippen molar-refractivity contribution in [3.8, 4) is 11.1 Å². The highest BCUT2D eigenvalue weighted by atomic mass is 16.5. The summed E-state index contributed by atoms with van der Waals surface area (Å²) in [5.41, 5.74) is 11.1. The predicted octanol–water partition coefficient (Wildman–Crippen LogP) is 3.71. The van der Waals surface area contributed by atoms with E-state index in [4.69, 9.17) is 10.5 Å². The number of rotatable bonds is 4. The number of fused-ring (bicyclic) bond motifs is 3. The van der Waals surface area contributed by atoms with Gasteiger partial charge in [-0.3, -0.25) is 4.79 Å². The summed E-state index contributed by atoms with van der Waals surface area (Å²) in [6.45, 7) is 4.29. The van der Waals surface area contributed by atoms with Gasteiger partial charge in [0.05, 0.1) is 17.5 Å². The van der Waals surface area contributed by atoms with E-state index in [-0.39, 0.29) is 12.5 Å². The van der Waals surface area contributed by atoms with E-state index in [0.29, 0.717) is 18.1 Å². The molecule has 0 aliphatic rings. The van der Waals surface area contributed by atoms with Crippen LogP contribution in [-0.2, 0) is 16.1 Å². The fourth-order valence-corrected chi connectivity index (χ4v) is 3.50. The Morgan fingerprint density at radius 2 is 2.00 bits per heavy atom. The van der Waals surface area contributed by atoms with Crippen LogP contribution in [0.15, 0.2) is 48.8 Å². The summed E-state index contributed by atoms with van der Waals surface area (Å²) in [5.74, 6) is 0.0889. The lowest BCUT2D eigenvalue weighted by Gasteiger charge is -2.08. The number of anilines is 1. The van der Waals surface area contributed by atoms with Crippen LogP contribution < -0.4 is 5.73 Å². The van der Waals surface area contributed by atoms with Gasteiger partial charge in [-0.05, 0) is 42.7 Å². The van der Waals surface area contributed by atoms with Gasteiger partial charge in [-0.1, -0.05) is 30.3 Å². The van der Waals surface area contributed by atoms with Crippen LogP contribution in [0.25, 0.3) is 33.1 Å². The van der Waals surface area contributed by atoms with Crippen molar-refractivity contribution in [1.82, 2.24) is 14.5 Å². The summed E-state index contributed by atoms with van der Waals surface area (Å²) >= 11 is 0. The number of aromatic nitrogens is 3. The number of hydrogen-bond acceptors (Lipinski definition) is 5. The summed E-state index contributed by atoms with van der Waals surface area (Å²) in [5, 5.41) is 1.68. The molecular weight excluding hydrogens is 340 g/mol. The molecule has 0 unspecified atom stereocenters. The Bertz CT molecular complexity index is 1160. The molecule has 2 N–H and O–H groups in total. The number of nitrogens with two attached hydrogens (primary N) is 1. The molecule has 4 aromatic rings. The van der Waals surface area contributed by atoms with E-state index in [1.54, 1.807) is 6.92 Å². The van der Waals surface area contributed by atoms with Gasteiger partial charge in [-0.25, -0.2) is 9.97 Å². The molecule has 2 heterocycles. The Morgan fingerprint density at radius 3 is 2.78 bits per heavy atom. The van der Waals surface area contributed by atoms with Crippen LogP contribution in [0.4, 0.5) is 5.82 Å². The number of benzene rings is 2. The van der Waals surface area contributed by atoms with E-state index in [1.165, 1.54) is 11.9 Å². The molecule has 0 fully saturated rings. The Kier molecular flexibility index (Phi) is 4.24. The average Bonchev–Trinajstić information content (AvgIpc) is 2.97. The molecule has 0 aliphatic carbocycles. The molecule has 0 amide bonds. The van der Waals surface area contributed by atoms with Crippen LogP contribution in [-0.4, -0.2) is 27.1 Å². The fraction of sp³-hybridized carbons (Fsp3) is 0.190. The largest absolute Gasteiger partial charge is 0.465 e. The number of aryl methyl sites for hydroxylation is 1. The molecule has 0 atom stereocenters. The molecule has 6 heteroatoms. The third-order valence-corrected chi connectivity index (χ3v) is 4.72. The third kappa shape index (κ3) is 2.89. The normalized spacial score (nSPS) is 11.2. The molecule has 0 saturated heterocycles. The summed E-state index contributed by atoms with van der Waals surface area (Å²) in [6, 6.07) is 14.4. The molecule has 0 spiro atoms. The van der Waals surface area contributed by atoms with Gasteiger partial charge >= 0.3 is 5.97 Å². The molecule has 2 aromatic carbocycles. The zero-order valence-electron chi connectivity index (χ0n) is 15.3. The highest BCUT2D eigenvalue weighted by Gasteiger charge is 2.18. The number of hydrogen-bond donors (Lipinski definition) is 1. The van der Waals surface area contributed by atoms with Crippen molar-refractivity contribution in [2.75, 3.05) is 12.3 Å². The van der Waals surface area contributed by atoms with Gasteiger partial charge in [0, 0.05) is 5.39 Å². The zero-order chi connectivity index (χ0) is 19.0. The molecule has 0 aliphatic heterocycles. The van der Waals surface area contributed by atoms with Crippen LogP contribution in [0.1, 0.15) is 12.5 Å². The first-order valence-electron chi connectivity index (χ1n) is 8.84. The number of carbonyl (C=O) groups excluding carboxylic acids is 1. The third-order valence-electron chi connectivity index (χ3n) is 4.72. The number of carbonyl (C=O) groups is 1. The average molecular weight is 360 g/mol. The number of nitrogens with zero attached hydrogens (tertiary/aromatic N) is 3. The van der Waals surface area contributed by atoms with Gasteiger partial charge in [0.2, 0.25) is 0 Å². The minimum absolute atomic E-state index is 0.0774. The van der Waals surface area contributed by atoms with Crippen LogP contribution in [0, 0.1) is 6.92 Å². The topological polar surface area (TPSA) is 83.0 Å². The SMILES string of the molecule is CCOC(=O)Cn1c2ccc(-c3ccccc3C)cc2c2c(N)ncnc21. The minimum Gasteiger partial charge on any atom is -0.465 e. The molecule has 6 nitrogen and oxygen atoms in total. The second kappa shape index (κ2) is 6.72. The number of esters is 1. The maximum absolute atomic E-state index is 12.1. The lowest BCUT2D eigenvalue weighted by Crippen LogP contribution is -2.13. The zero-order valence-corrected chi connectivity index (χ0v) is 15.3. The van der Waals surface area contributed by atoms with Gasteiger partial charge in [-0.2, -0.15) is 0 Å². The Morgan fingerprint density at radius 1 is 1.19 bits per heavy atom. The van der Waals surface area contributed by atoms with E-state index in [2.05, 4.69) is 41.2 Å². The van der Waals surface area contributed by atoms with Gasteiger partial charge in [0.25, 0.3) is 0 Å². The highest BCUT2D eigenvalue weighted by Crippen LogP contribution is 2.34. The van der Waals surface area contributed by atoms with Crippen LogP contribution in [0.5, 0.6) is 0 Å². The van der Waals surface area contributed by atoms with E-state index in [0.717, 1.165) is 27.4 Å². The maximum atomic E-state index is 12.1. The van der Waals surface area contributed by atoms with Gasteiger partial charge in [-0.15, -0.1) is 0 Å². The predicted molar refractivity (Wildman–Crippen MR) is 106 cm³/mol. The van der Waals surface area contributed by atoms with Crippen molar-refractivity contribution in [3.05, 3.63) is 54.4 Å². The van der Waals surface area contributed by atoms with E-state index >= 15 is 0 Å². The second-order valence-corrected chi connectivity index (χ2v) is 6.40. The number of ether oxygens (including phenoxy) is 1.